The Morgan fingerprint density at radius 3 is 2.60 bits per heavy atom. The standard InChI is InChI=1S/C28H18ClNO3S2/c29-18-8-10-19(11-9-18)33-20-5-3-4-17(14-20)15-24-26(31)23-12-13-34-25(23)16-30-27(32)21-6-1-2-7-22(21)28(30)35-24/h1-15,28H,16H2/b24-15-. The predicted octanol–water partition coefficient (Wildman–Crippen LogP) is 7.82. The van der Waals surface area contributed by atoms with Gasteiger partial charge in [0, 0.05) is 21.0 Å². The first-order valence-electron chi connectivity index (χ1n) is 11.0. The number of nitrogens with zero attached hydrogens (tertiary/aromatic N) is 1. The largest absolute Gasteiger partial charge is 0.457 e. The van der Waals surface area contributed by atoms with E-state index in [2.05, 4.69) is 0 Å². The van der Waals surface area contributed by atoms with E-state index in [1.807, 2.05) is 83.1 Å². The molecule has 4 nitrogen and oxygen atoms in total. The number of hydrogen-bond donors (Lipinski definition) is 0. The van der Waals surface area contributed by atoms with E-state index in [9.17, 15) is 9.59 Å². The van der Waals surface area contributed by atoms with Gasteiger partial charge in [0.25, 0.3) is 5.91 Å². The number of rotatable bonds is 3. The summed E-state index contributed by atoms with van der Waals surface area (Å²) in [6.45, 7) is 0.432. The third-order valence-electron chi connectivity index (χ3n) is 5.97. The third-order valence-corrected chi connectivity index (χ3v) is 8.42. The zero-order valence-electron chi connectivity index (χ0n) is 18.3. The highest BCUT2D eigenvalue weighted by Crippen LogP contribution is 2.48. The van der Waals surface area contributed by atoms with Crippen LogP contribution in [0, 0.1) is 0 Å². The number of thioether (sulfide) groups is 1. The Bertz CT molecular complexity index is 1490. The van der Waals surface area contributed by atoms with Crippen molar-refractivity contribution in [1.82, 2.24) is 4.90 Å². The molecule has 1 atom stereocenters. The van der Waals surface area contributed by atoms with Gasteiger partial charge in [-0.25, -0.2) is 0 Å². The van der Waals surface area contributed by atoms with Crippen LogP contribution < -0.4 is 4.74 Å². The lowest BCUT2D eigenvalue weighted by Gasteiger charge is -2.28. The molecule has 2 aliphatic rings. The lowest BCUT2D eigenvalue weighted by Crippen LogP contribution is -2.28. The van der Waals surface area contributed by atoms with E-state index >= 15 is 0 Å². The number of Topliss-reactive ketones (excluding diaryl/α,β-unsaturated/α-hetero) is 1. The number of allylic oxidation sites excluding steroid dienone is 1. The molecule has 3 heterocycles. The first kappa shape index (κ1) is 22.2. The summed E-state index contributed by atoms with van der Waals surface area (Å²) in [4.78, 5) is 30.2. The normalized spacial score (nSPS) is 18.0. The molecule has 0 spiro atoms. The van der Waals surface area contributed by atoms with E-state index in [1.54, 1.807) is 12.1 Å². The minimum absolute atomic E-state index is 0.00418. The van der Waals surface area contributed by atoms with Gasteiger partial charge in [-0.05, 0) is 71.1 Å². The lowest BCUT2D eigenvalue weighted by atomic mass is 10.1. The number of hydrogen-bond acceptors (Lipinski definition) is 5. The van der Waals surface area contributed by atoms with Crippen LogP contribution in [0.1, 0.15) is 42.1 Å². The maximum atomic E-state index is 13.6. The number of halogens is 1. The van der Waals surface area contributed by atoms with Crippen LogP contribution in [0.5, 0.6) is 11.5 Å². The van der Waals surface area contributed by atoms with Gasteiger partial charge in [0.1, 0.15) is 16.9 Å². The van der Waals surface area contributed by atoms with Crippen molar-refractivity contribution in [3.63, 3.8) is 0 Å². The number of carbonyl (C=O) groups excluding carboxylic acids is 2. The molecule has 2 aliphatic heterocycles. The predicted molar refractivity (Wildman–Crippen MR) is 141 cm³/mol. The first-order chi connectivity index (χ1) is 17.1. The minimum atomic E-state index is -0.252. The topological polar surface area (TPSA) is 46.6 Å². The lowest BCUT2D eigenvalue weighted by molar-refractivity contribution is 0.0760. The van der Waals surface area contributed by atoms with Crippen LogP contribution in [-0.2, 0) is 6.54 Å². The number of carbonyl (C=O) groups is 2. The zero-order valence-corrected chi connectivity index (χ0v) is 20.7. The Kier molecular flexibility index (Phi) is 5.72. The van der Waals surface area contributed by atoms with E-state index in [0.29, 0.717) is 39.1 Å². The number of benzene rings is 3. The summed E-state index contributed by atoms with van der Waals surface area (Å²) in [6.07, 6.45) is 1.89. The minimum Gasteiger partial charge on any atom is -0.457 e. The van der Waals surface area contributed by atoms with Crippen LogP contribution in [0.4, 0.5) is 0 Å². The molecule has 1 aromatic heterocycles. The van der Waals surface area contributed by atoms with Crippen molar-refractivity contribution in [2.75, 3.05) is 0 Å². The van der Waals surface area contributed by atoms with E-state index in [0.717, 1.165) is 16.0 Å². The molecule has 0 aliphatic carbocycles. The van der Waals surface area contributed by atoms with E-state index in [-0.39, 0.29) is 17.1 Å². The molecule has 0 bridgehead atoms. The average molecular weight is 516 g/mol. The molecule has 3 aromatic carbocycles. The number of ether oxygens (including phenoxy) is 1. The number of fused-ring (bicyclic) bond motifs is 4. The van der Waals surface area contributed by atoms with Crippen molar-refractivity contribution in [1.29, 1.82) is 0 Å². The highest BCUT2D eigenvalue weighted by Gasteiger charge is 2.40. The fourth-order valence-corrected chi connectivity index (χ4v) is 6.59. The fourth-order valence-electron chi connectivity index (χ4n) is 4.30. The Labute approximate surface area is 215 Å². The van der Waals surface area contributed by atoms with Gasteiger partial charge in [-0.2, -0.15) is 0 Å². The van der Waals surface area contributed by atoms with Crippen LogP contribution in [0.15, 0.2) is 89.1 Å². The van der Waals surface area contributed by atoms with Crippen molar-refractivity contribution in [3.05, 3.63) is 121 Å². The van der Waals surface area contributed by atoms with E-state index < -0.39 is 0 Å². The fraction of sp³-hybridized carbons (Fsp3) is 0.0714. The van der Waals surface area contributed by atoms with E-state index in [4.69, 9.17) is 16.3 Å². The van der Waals surface area contributed by atoms with Gasteiger partial charge >= 0.3 is 0 Å². The Hall–Kier alpha value is -3.32. The number of ketones is 1. The first-order valence-corrected chi connectivity index (χ1v) is 13.1. The number of thiophene rings is 1. The molecule has 0 saturated carbocycles. The zero-order chi connectivity index (χ0) is 23.9. The van der Waals surface area contributed by atoms with Crippen LogP contribution in [0.3, 0.4) is 0 Å². The van der Waals surface area contributed by atoms with Gasteiger partial charge in [-0.1, -0.05) is 53.7 Å². The third kappa shape index (κ3) is 4.18. The second-order valence-corrected chi connectivity index (χ2v) is 10.8. The second kappa shape index (κ2) is 9.04. The summed E-state index contributed by atoms with van der Waals surface area (Å²) in [5.74, 6) is 1.32. The SMILES string of the molecule is O=C1/C(=C/c2cccc(Oc3ccc(Cl)cc3)c2)SC2c3ccccc3C(=O)N2Cc2sccc21. The summed E-state index contributed by atoms with van der Waals surface area (Å²) < 4.78 is 5.98. The molecule has 0 N–H and O–H groups in total. The van der Waals surface area contributed by atoms with Crippen molar-refractivity contribution < 1.29 is 14.3 Å². The second-order valence-electron chi connectivity index (χ2n) is 8.21. The van der Waals surface area contributed by atoms with Crippen molar-refractivity contribution in [2.45, 2.75) is 11.9 Å². The molecular formula is C28H18ClNO3S2. The van der Waals surface area contributed by atoms with E-state index in [1.165, 1.54) is 23.1 Å². The van der Waals surface area contributed by atoms with Crippen LogP contribution in [0.25, 0.3) is 6.08 Å². The van der Waals surface area contributed by atoms with Crippen molar-refractivity contribution in [3.8, 4) is 11.5 Å². The van der Waals surface area contributed by atoms with Gasteiger partial charge in [0.15, 0.2) is 0 Å². The summed E-state index contributed by atoms with van der Waals surface area (Å²) >= 11 is 8.92. The smallest absolute Gasteiger partial charge is 0.255 e. The van der Waals surface area contributed by atoms with Gasteiger partial charge in [0.05, 0.1) is 11.4 Å². The molecule has 35 heavy (non-hydrogen) atoms. The van der Waals surface area contributed by atoms with Gasteiger partial charge in [-0.3, -0.25) is 9.59 Å². The van der Waals surface area contributed by atoms with Crippen molar-refractivity contribution >= 4 is 52.5 Å². The van der Waals surface area contributed by atoms with Gasteiger partial charge in [-0.15, -0.1) is 11.3 Å². The molecule has 4 aromatic rings. The van der Waals surface area contributed by atoms with Gasteiger partial charge < -0.3 is 9.64 Å². The Morgan fingerprint density at radius 2 is 1.74 bits per heavy atom. The molecule has 1 unspecified atom stereocenters. The highest BCUT2D eigenvalue weighted by molar-refractivity contribution is 8.04. The molecule has 0 saturated heterocycles. The maximum Gasteiger partial charge on any atom is 0.255 e. The number of amides is 1. The van der Waals surface area contributed by atoms with Crippen LogP contribution in [-0.4, -0.2) is 16.6 Å². The maximum absolute atomic E-state index is 13.6. The molecule has 6 rings (SSSR count). The molecule has 172 valence electrons. The van der Waals surface area contributed by atoms with Crippen LogP contribution >= 0.6 is 34.7 Å². The summed E-state index contributed by atoms with van der Waals surface area (Å²) in [6, 6.07) is 24.3. The monoisotopic (exact) mass is 515 g/mol. The van der Waals surface area contributed by atoms with Gasteiger partial charge in [0.2, 0.25) is 5.78 Å². The summed E-state index contributed by atoms with van der Waals surface area (Å²) in [7, 11) is 0. The molecule has 1 amide bonds. The average Bonchev–Trinajstić information content (AvgIpc) is 3.43. The molecule has 0 radical (unpaired) electrons. The quantitative estimate of drug-likeness (QED) is 0.261. The van der Waals surface area contributed by atoms with Crippen molar-refractivity contribution in [2.24, 2.45) is 0 Å². The van der Waals surface area contributed by atoms with Crippen LogP contribution in [0.2, 0.25) is 5.02 Å². The summed E-state index contributed by atoms with van der Waals surface area (Å²) in [5, 5.41) is 2.31. The molecule has 7 heteroatoms. The molecule has 0 fully saturated rings. The summed E-state index contributed by atoms with van der Waals surface area (Å²) in [5.41, 5.74) is 3.15. The highest BCUT2D eigenvalue weighted by atomic mass is 35.5. The molecular weight excluding hydrogens is 498 g/mol. The Morgan fingerprint density at radius 1 is 0.914 bits per heavy atom. The Balaban J connectivity index is 1.39.